The van der Waals surface area contributed by atoms with E-state index >= 15 is 0 Å². The molecule has 0 aliphatic carbocycles. The molecule has 0 spiro atoms. The summed E-state index contributed by atoms with van der Waals surface area (Å²) >= 11 is 6.37. The van der Waals surface area contributed by atoms with E-state index in [4.69, 9.17) is 11.6 Å². The van der Waals surface area contributed by atoms with Crippen molar-refractivity contribution < 1.29 is 9.59 Å². The van der Waals surface area contributed by atoms with Crippen molar-refractivity contribution in [3.05, 3.63) is 82.6 Å². The SMILES string of the molecule is CC.CC(=O)c1cn(CCCN2C3CCC2CC(CC(=O)c2ccccc2)C3)cc(Cl)cccc1C. The number of carbonyl (C=O) groups excluding carboxylic acids is 2. The molecular formula is C31H41ClN2O2. The number of hydrogen-bond acceptors (Lipinski definition) is 3. The van der Waals surface area contributed by atoms with Gasteiger partial charge in [-0.15, -0.1) is 0 Å². The lowest BCUT2D eigenvalue weighted by Crippen LogP contribution is -2.43. The largest absolute Gasteiger partial charge is 0.352 e. The van der Waals surface area contributed by atoms with Crippen LogP contribution < -0.4 is 0 Å². The van der Waals surface area contributed by atoms with Crippen molar-refractivity contribution >= 4 is 23.2 Å². The van der Waals surface area contributed by atoms with Gasteiger partial charge >= 0.3 is 0 Å². The quantitative estimate of drug-likeness (QED) is 0.343. The van der Waals surface area contributed by atoms with Gasteiger partial charge in [-0.3, -0.25) is 14.5 Å². The first kappa shape index (κ1) is 28.1. The molecule has 4 nitrogen and oxygen atoms in total. The molecule has 0 N–H and O–H groups in total. The monoisotopic (exact) mass is 508 g/mol. The molecule has 1 aromatic heterocycles. The molecule has 2 aromatic rings. The zero-order valence-corrected chi connectivity index (χ0v) is 23.0. The number of ketones is 2. The summed E-state index contributed by atoms with van der Waals surface area (Å²) in [5.41, 5.74) is 2.50. The predicted octanol–water partition coefficient (Wildman–Crippen LogP) is 7.71. The molecule has 5 heteroatoms. The Kier molecular flexibility index (Phi) is 10.8. The summed E-state index contributed by atoms with van der Waals surface area (Å²) in [6, 6.07) is 16.5. The summed E-state index contributed by atoms with van der Waals surface area (Å²) in [6.07, 6.45) is 10.2. The van der Waals surface area contributed by atoms with Gasteiger partial charge in [0, 0.05) is 55.1 Å². The van der Waals surface area contributed by atoms with E-state index in [1.807, 2.05) is 81.7 Å². The molecule has 0 radical (unpaired) electrons. The van der Waals surface area contributed by atoms with Gasteiger partial charge in [0.15, 0.2) is 11.6 Å². The van der Waals surface area contributed by atoms with E-state index in [0.29, 0.717) is 29.4 Å². The van der Waals surface area contributed by atoms with Gasteiger partial charge in [0.25, 0.3) is 0 Å². The summed E-state index contributed by atoms with van der Waals surface area (Å²) in [4.78, 5) is 27.6. The minimum absolute atomic E-state index is 0.0590. The van der Waals surface area contributed by atoms with Crippen molar-refractivity contribution in [2.24, 2.45) is 5.92 Å². The van der Waals surface area contributed by atoms with Crippen molar-refractivity contribution in [2.45, 2.75) is 84.8 Å². The highest BCUT2D eigenvalue weighted by molar-refractivity contribution is 6.30. The Labute approximate surface area is 222 Å². The number of benzene rings is 1. The lowest BCUT2D eigenvalue weighted by molar-refractivity contribution is 0.0807. The first-order chi connectivity index (χ1) is 17.4. The molecule has 0 amide bonds. The van der Waals surface area contributed by atoms with Gasteiger partial charge in [0.2, 0.25) is 0 Å². The maximum atomic E-state index is 12.7. The number of rotatable bonds is 8. The van der Waals surface area contributed by atoms with Gasteiger partial charge in [0.1, 0.15) is 0 Å². The fourth-order valence-corrected chi connectivity index (χ4v) is 5.93. The number of fused-ring (bicyclic) bond motifs is 2. The maximum absolute atomic E-state index is 12.7. The highest BCUT2D eigenvalue weighted by Gasteiger charge is 2.40. The Balaban J connectivity index is 0.00000176. The van der Waals surface area contributed by atoms with Crippen LogP contribution in [0.4, 0.5) is 0 Å². The fourth-order valence-electron chi connectivity index (χ4n) is 5.74. The molecule has 2 unspecified atom stereocenters. The van der Waals surface area contributed by atoms with Crippen LogP contribution in [0.1, 0.15) is 85.6 Å². The minimum atomic E-state index is 0.0590. The Hall–Kier alpha value is -2.43. The van der Waals surface area contributed by atoms with Crippen molar-refractivity contribution in [1.82, 2.24) is 9.47 Å². The number of aromatic nitrogens is 1. The Bertz CT molecular complexity index is 1060. The van der Waals surface area contributed by atoms with Gasteiger partial charge < -0.3 is 4.57 Å². The molecule has 194 valence electrons. The second-order valence-corrected chi connectivity index (χ2v) is 10.3. The van der Waals surface area contributed by atoms with Gasteiger partial charge in [-0.05, 0) is 63.5 Å². The lowest BCUT2D eigenvalue weighted by Gasteiger charge is -2.39. The summed E-state index contributed by atoms with van der Waals surface area (Å²) in [6.45, 7) is 9.41. The van der Waals surface area contributed by atoms with Gasteiger partial charge in [0.05, 0.1) is 5.02 Å². The first-order valence-electron chi connectivity index (χ1n) is 13.5. The number of carbonyl (C=O) groups is 2. The molecule has 0 saturated carbocycles. The first-order valence-corrected chi connectivity index (χ1v) is 13.8. The molecular weight excluding hydrogens is 468 g/mol. The molecule has 2 atom stereocenters. The van der Waals surface area contributed by atoms with E-state index in [1.165, 1.54) is 12.8 Å². The van der Waals surface area contributed by atoms with Crippen LogP contribution in [0.15, 0.2) is 60.9 Å². The molecule has 2 bridgehead atoms. The zero-order valence-electron chi connectivity index (χ0n) is 22.3. The van der Waals surface area contributed by atoms with E-state index in [0.717, 1.165) is 49.0 Å². The summed E-state index contributed by atoms with van der Waals surface area (Å²) in [7, 11) is 0. The number of piperidine rings is 1. The van der Waals surface area contributed by atoms with Crippen LogP contribution in [-0.2, 0) is 6.54 Å². The van der Waals surface area contributed by atoms with Gasteiger partial charge in [-0.2, -0.15) is 0 Å². The summed E-state index contributed by atoms with van der Waals surface area (Å²) in [5, 5.41) is 0.647. The smallest absolute Gasteiger partial charge is 0.163 e. The number of Topliss-reactive ketones (excluding diaryl/α,β-unsaturated/α-hetero) is 2. The lowest BCUT2D eigenvalue weighted by atomic mass is 9.85. The van der Waals surface area contributed by atoms with Crippen molar-refractivity contribution in [2.75, 3.05) is 6.54 Å². The van der Waals surface area contributed by atoms with Crippen LogP contribution >= 0.6 is 11.6 Å². The van der Waals surface area contributed by atoms with Crippen LogP contribution in [0.5, 0.6) is 0 Å². The molecule has 2 fully saturated rings. The summed E-state index contributed by atoms with van der Waals surface area (Å²) in [5.74, 6) is 0.828. The Morgan fingerprint density at radius 2 is 1.58 bits per heavy atom. The molecule has 2 saturated heterocycles. The highest BCUT2D eigenvalue weighted by atomic mass is 35.5. The molecule has 1 aromatic carbocycles. The molecule has 2 aliphatic rings. The van der Waals surface area contributed by atoms with E-state index in [9.17, 15) is 9.59 Å². The number of nitrogens with zero attached hydrogens (tertiary/aromatic N) is 2. The third-order valence-corrected chi connectivity index (χ3v) is 7.60. The Morgan fingerprint density at radius 1 is 0.917 bits per heavy atom. The third-order valence-electron chi connectivity index (χ3n) is 7.37. The van der Waals surface area contributed by atoms with E-state index in [-0.39, 0.29) is 11.6 Å². The van der Waals surface area contributed by atoms with E-state index in [2.05, 4.69) is 9.47 Å². The molecule has 4 rings (SSSR count). The minimum Gasteiger partial charge on any atom is -0.352 e. The predicted molar refractivity (Wildman–Crippen MR) is 149 cm³/mol. The van der Waals surface area contributed by atoms with Crippen LogP contribution in [-0.4, -0.2) is 39.7 Å². The van der Waals surface area contributed by atoms with Gasteiger partial charge in [-0.25, -0.2) is 0 Å². The van der Waals surface area contributed by atoms with Crippen LogP contribution in [0.25, 0.3) is 0 Å². The van der Waals surface area contributed by atoms with Crippen LogP contribution in [0.2, 0.25) is 5.02 Å². The van der Waals surface area contributed by atoms with Crippen molar-refractivity contribution in [3.8, 4) is 0 Å². The second-order valence-electron chi connectivity index (χ2n) is 9.87. The average molecular weight is 509 g/mol. The van der Waals surface area contributed by atoms with Crippen LogP contribution in [0.3, 0.4) is 0 Å². The van der Waals surface area contributed by atoms with E-state index < -0.39 is 0 Å². The third kappa shape index (κ3) is 7.54. The number of halogens is 1. The molecule has 36 heavy (non-hydrogen) atoms. The normalized spacial score (nSPS) is 20.8. The summed E-state index contributed by atoms with van der Waals surface area (Å²) < 4.78 is 2.05. The van der Waals surface area contributed by atoms with Crippen molar-refractivity contribution in [3.63, 3.8) is 0 Å². The average Bonchev–Trinajstić information content (AvgIpc) is 3.14. The highest BCUT2D eigenvalue weighted by Crippen LogP contribution is 2.40. The van der Waals surface area contributed by atoms with Gasteiger partial charge in [-0.1, -0.05) is 67.9 Å². The molecule has 3 heterocycles. The van der Waals surface area contributed by atoms with E-state index in [1.54, 1.807) is 6.92 Å². The standard InChI is InChI=1S/C29H35ClN2O2.C2H6/c1-21-8-6-11-25(30)19-31(20-28(21)22(2)33)14-7-15-32-26-12-13-27(32)17-23(16-26)18-29(34)24-9-4-3-5-10-24;1-2/h3-6,8-11,19-20,23,26-27H,7,12-18H2,1-2H3;1-2H3. The maximum Gasteiger partial charge on any atom is 0.163 e. The second kappa shape index (κ2) is 13.8. The van der Waals surface area contributed by atoms with Crippen molar-refractivity contribution in [1.29, 1.82) is 0 Å². The van der Waals surface area contributed by atoms with Crippen LogP contribution in [0, 0.1) is 12.8 Å². The fraction of sp³-hybridized carbons (Fsp3) is 0.484. The number of hydrogen-bond donors (Lipinski definition) is 0. The molecule has 2 aliphatic heterocycles. The number of aryl methyl sites for hydroxylation is 2. The Morgan fingerprint density at radius 3 is 2.22 bits per heavy atom. The topological polar surface area (TPSA) is 42.3 Å². The zero-order chi connectivity index (χ0) is 26.1.